The van der Waals surface area contributed by atoms with E-state index in [0.29, 0.717) is 5.92 Å². The number of piperidine rings is 1. The first-order chi connectivity index (χ1) is 13.1. The van der Waals surface area contributed by atoms with Gasteiger partial charge in [-0.1, -0.05) is 18.2 Å². The van der Waals surface area contributed by atoms with Crippen LogP contribution in [0.15, 0.2) is 42.5 Å². The summed E-state index contributed by atoms with van der Waals surface area (Å²) in [5.41, 5.74) is 4.75. The Balaban J connectivity index is 1.29. The van der Waals surface area contributed by atoms with Crippen LogP contribution in [0.1, 0.15) is 42.1 Å². The molecule has 1 aliphatic rings. The van der Waals surface area contributed by atoms with Crippen LogP contribution in [0.2, 0.25) is 0 Å². The summed E-state index contributed by atoms with van der Waals surface area (Å²) in [5, 5.41) is 0. The van der Waals surface area contributed by atoms with E-state index in [9.17, 15) is 4.39 Å². The molecule has 3 nitrogen and oxygen atoms in total. The lowest BCUT2D eigenvalue weighted by molar-refractivity contribution is 0.209. The van der Waals surface area contributed by atoms with Crippen molar-refractivity contribution in [3.63, 3.8) is 0 Å². The Hall–Kier alpha value is -2.20. The molecule has 4 rings (SSSR count). The van der Waals surface area contributed by atoms with E-state index < -0.39 is 0 Å². The number of hydrogen-bond acceptors (Lipinski definition) is 2. The lowest BCUT2D eigenvalue weighted by Gasteiger charge is -2.32. The molecule has 3 aromatic rings. The Morgan fingerprint density at radius 1 is 1.11 bits per heavy atom. The topological polar surface area (TPSA) is 21.1 Å². The average Bonchev–Trinajstić information content (AvgIpc) is 2.98. The largest absolute Gasteiger partial charge is 0.331 e. The molecule has 0 atom stereocenters. The van der Waals surface area contributed by atoms with Gasteiger partial charge in [-0.05, 0) is 87.1 Å². The molecule has 0 aliphatic carbocycles. The molecular weight excluding hydrogens is 337 g/mol. The lowest BCUT2D eigenvalue weighted by Crippen LogP contribution is -2.34. The van der Waals surface area contributed by atoms with E-state index in [-0.39, 0.29) is 5.82 Å². The van der Waals surface area contributed by atoms with E-state index in [0.717, 1.165) is 56.4 Å². The minimum absolute atomic E-state index is 0.118. The van der Waals surface area contributed by atoms with Crippen LogP contribution in [0.25, 0.3) is 11.0 Å². The van der Waals surface area contributed by atoms with Crippen LogP contribution in [0, 0.1) is 12.7 Å². The van der Waals surface area contributed by atoms with Gasteiger partial charge in [0.25, 0.3) is 0 Å². The van der Waals surface area contributed by atoms with Gasteiger partial charge in [0.05, 0.1) is 11.0 Å². The molecule has 0 bridgehead atoms. The number of benzene rings is 2. The highest BCUT2D eigenvalue weighted by atomic mass is 19.1. The summed E-state index contributed by atoms with van der Waals surface area (Å²) in [6.45, 7) is 5.43. The number of aromatic nitrogens is 2. The average molecular weight is 365 g/mol. The predicted molar refractivity (Wildman–Crippen MR) is 109 cm³/mol. The summed E-state index contributed by atoms with van der Waals surface area (Å²) >= 11 is 0. The molecule has 27 heavy (non-hydrogen) atoms. The van der Waals surface area contributed by atoms with Crippen molar-refractivity contribution in [3.8, 4) is 0 Å². The van der Waals surface area contributed by atoms with Gasteiger partial charge in [0.15, 0.2) is 0 Å². The molecule has 1 aromatic heterocycles. The smallest absolute Gasteiger partial charge is 0.123 e. The summed E-state index contributed by atoms with van der Waals surface area (Å²) in [6.07, 6.45) is 4.37. The molecule has 142 valence electrons. The summed E-state index contributed by atoms with van der Waals surface area (Å²) < 4.78 is 15.7. The fourth-order valence-corrected chi connectivity index (χ4v) is 4.28. The number of fused-ring (bicyclic) bond motifs is 1. The SMILES string of the molecule is Cc1ccc2nc(CCCN3CCC(c4cccc(F)c4)CC3)n(C)c2c1. The van der Waals surface area contributed by atoms with Crippen molar-refractivity contribution in [3.05, 3.63) is 65.2 Å². The van der Waals surface area contributed by atoms with Crippen LogP contribution >= 0.6 is 0 Å². The number of likely N-dealkylation sites (tertiary alicyclic amines) is 1. The molecule has 0 spiro atoms. The summed E-state index contributed by atoms with van der Waals surface area (Å²) in [5.74, 6) is 1.55. The van der Waals surface area contributed by atoms with Crippen LogP contribution in [0.3, 0.4) is 0 Å². The highest BCUT2D eigenvalue weighted by Gasteiger charge is 2.20. The maximum atomic E-state index is 13.4. The third-order valence-electron chi connectivity index (χ3n) is 5.91. The number of aryl methyl sites for hydroxylation is 3. The molecule has 0 saturated carbocycles. The first-order valence-corrected chi connectivity index (χ1v) is 10.00. The van der Waals surface area contributed by atoms with Crippen molar-refractivity contribution >= 4 is 11.0 Å². The first-order valence-electron chi connectivity index (χ1n) is 10.00. The molecule has 0 radical (unpaired) electrons. The van der Waals surface area contributed by atoms with Gasteiger partial charge in [0.2, 0.25) is 0 Å². The third kappa shape index (κ3) is 4.06. The fourth-order valence-electron chi connectivity index (χ4n) is 4.28. The van der Waals surface area contributed by atoms with Gasteiger partial charge in [-0.15, -0.1) is 0 Å². The van der Waals surface area contributed by atoms with Gasteiger partial charge in [-0.3, -0.25) is 0 Å². The van der Waals surface area contributed by atoms with Crippen LogP contribution in [0.4, 0.5) is 4.39 Å². The number of rotatable bonds is 5. The molecule has 2 aromatic carbocycles. The Morgan fingerprint density at radius 3 is 2.70 bits per heavy atom. The van der Waals surface area contributed by atoms with E-state index in [1.165, 1.54) is 23.0 Å². The lowest BCUT2D eigenvalue weighted by atomic mass is 9.89. The van der Waals surface area contributed by atoms with Crippen molar-refractivity contribution in [2.45, 2.75) is 38.5 Å². The predicted octanol–water partition coefficient (Wildman–Crippen LogP) is 4.83. The molecule has 2 heterocycles. The monoisotopic (exact) mass is 365 g/mol. The normalized spacial score (nSPS) is 16.3. The third-order valence-corrected chi connectivity index (χ3v) is 5.91. The Labute approximate surface area is 160 Å². The van der Waals surface area contributed by atoms with Gasteiger partial charge in [-0.2, -0.15) is 0 Å². The molecule has 0 amide bonds. The second-order valence-electron chi connectivity index (χ2n) is 7.85. The highest BCUT2D eigenvalue weighted by molar-refractivity contribution is 5.76. The number of nitrogens with zero attached hydrogens (tertiary/aromatic N) is 3. The van der Waals surface area contributed by atoms with E-state index >= 15 is 0 Å². The van der Waals surface area contributed by atoms with Crippen molar-refractivity contribution in [1.82, 2.24) is 14.5 Å². The molecule has 0 N–H and O–H groups in total. The molecule has 1 saturated heterocycles. The standard InChI is InChI=1S/C23H28FN3/c1-17-8-9-21-22(15-17)26(2)23(25-21)7-4-12-27-13-10-18(11-14-27)19-5-3-6-20(24)16-19/h3,5-6,8-9,15-16,18H,4,7,10-14H2,1-2H3. The summed E-state index contributed by atoms with van der Waals surface area (Å²) in [7, 11) is 2.12. The van der Waals surface area contributed by atoms with Gasteiger partial charge >= 0.3 is 0 Å². The highest BCUT2D eigenvalue weighted by Crippen LogP contribution is 2.28. The molecule has 4 heteroatoms. The Morgan fingerprint density at radius 2 is 1.93 bits per heavy atom. The second kappa shape index (κ2) is 7.81. The van der Waals surface area contributed by atoms with Crippen LogP contribution in [-0.2, 0) is 13.5 Å². The first kappa shape index (κ1) is 18.2. The molecule has 1 aliphatic heterocycles. The minimum Gasteiger partial charge on any atom is -0.331 e. The molecular formula is C23H28FN3. The maximum Gasteiger partial charge on any atom is 0.123 e. The van der Waals surface area contributed by atoms with Crippen molar-refractivity contribution < 1.29 is 4.39 Å². The maximum absolute atomic E-state index is 13.4. The Kier molecular flexibility index (Phi) is 5.26. The quantitative estimate of drug-likeness (QED) is 0.645. The van der Waals surface area contributed by atoms with E-state index in [1.807, 2.05) is 6.07 Å². The van der Waals surface area contributed by atoms with E-state index in [2.05, 4.69) is 47.7 Å². The van der Waals surface area contributed by atoms with Gasteiger partial charge < -0.3 is 9.47 Å². The summed E-state index contributed by atoms with van der Waals surface area (Å²) in [4.78, 5) is 7.35. The van der Waals surface area contributed by atoms with Crippen LogP contribution in [0.5, 0.6) is 0 Å². The zero-order valence-electron chi connectivity index (χ0n) is 16.3. The summed E-state index contributed by atoms with van der Waals surface area (Å²) in [6, 6.07) is 13.6. The van der Waals surface area contributed by atoms with Crippen LogP contribution < -0.4 is 0 Å². The van der Waals surface area contributed by atoms with E-state index in [1.54, 1.807) is 6.07 Å². The van der Waals surface area contributed by atoms with Crippen molar-refractivity contribution in [2.24, 2.45) is 7.05 Å². The Bertz CT molecular complexity index is 923. The second-order valence-corrected chi connectivity index (χ2v) is 7.85. The zero-order valence-corrected chi connectivity index (χ0v) is 16.3. The molecule has 1 fully saturated rings. The number of halogens is 1. The van der Waals surface area contributed by atoms with Crippen LogP contribution in [-0.4, -0.2) is 34.1 Å². The number of imidazole rings is 1. The van der Waals surface area contributed by atoms with Gasteiger partial charge in [0, 0.05) is 13.5 Å². The van der Waals surface area contributed by atoms with Crippen molar-refractivity contribution in [1.29, 1.82) is 0 Å². The minimum atomic E-state index is -0.118. The van der Waals surface area contributed by atoms with Gasteiger partial charge in [0.1, 0.15) is 11.6 Å². The zero-order chi connectivity index (χ0) is 18.8. The number of hydrogen-bond donors (Lipinski definition) is 0. The van der Waals surface area contributed by atoms with Gasteiger partial charge in [-0.25, -0.2) is 9.37 Å². The van der Waals surface area contributed by atoms with Crippen molar-refractivity contribution in [2.75, 3.05) is 19.6 Å². The molecule has 0 unspecified atom stereocenters. The van der Waals surface area contributed by atoms with E-state index in [4.69, 9.17) is 4.98 Å². The fraction of sp³-hybridized carbons (Fsp3) is 0.435.